The number of alkyl halides is 3. The molecule has 0 fully saturated rings. The maximum absolute atomic E-state index is 12.7. The van der Waals surface area contributed by atoms with E-state index in [0.29, 0.717) is 17.0 Å². The third-order valence-corrected chi connectivity index (χ3v) is 2.86. The van der Waals surface area contributed by atoms with E-state index >= 15 is 0 Å². The summed E-state index contributed by atoms with van der Waals surface area (Å²) in [6.45, 7) is 1.83. The first kappa shape index (κ1) is 13.3. The van der Waals surface area contributed by atoms with Gasteiger partial charge >= 0.3 is 6.18 Å². The Kier molecular flexibility index (Phi) is 3.00. The normalized spacial score (nSPS) is 11.8. The second-order valence-corrected chi connectivity index (χ2v) is 4.46. The van der Waals surface area contributed by atoms with Gasteiger partial charge < -0.3 is 5.32 Å². The van der Waals surface area contributed by atoms with Crippen molar-refractivity contribution in [3.63, 3.8) is 0 Å². The summed E-state index contributed by atoms with van der Waals surface area (Å²) in [6, 6.07) is 5.03. The number of aryl methyl sites for hydroxylation is 1. The summed E-state index contributed by atoms with van der Waals surface area (Å²) in [7, 11) is 0. The highest BCUT2D eigenvalue weighted by molar-refractivity contribution is 5.90. The Morgan fingerprint density at radius 1 is 1.19 bits per heavy atom. The molecule has 107 valence electrons. The van der Waals surface area contributed by atoms with Crippen molar-refractivity contribution in [2.45, 2.75) is 13.1 Å². The van der Waals surface area contributed by atoms with Crippen LogP contribution in [0, 0.1) is 13.3 Å². The lowest BCUT2D eigenvalue weighted by atomic mass is 10.1. The molecule has 0 unspecified atom stereocenters. The number of aromatic amines is 1. The van der Waals surface area contributed by atoms with Gasteiger partial charge in [0.2, 0.25) is 0 Å². The fourth-order valence-electron chi connectivity index (χ4n) is 1.89. The molecular formula is C13H9F3N5. The minimum Gasteiger partial charge on any atom is -0.323 e. The van der Waals surface area contributed by atoms with Crippen molar-refractivity contribution < 1.29 is 13.2 Å². The van der Waals surface area contributed by atoms with E-state index < -0.39 is 11.7 Å². The molecule has 0 aliphatic heterocycles. The van der Waals surface area contributed by atoms with Gasteiger partial charge in [0.15, 0.2) is 12.1 Å². The van der Waals surface area contributed by atoms with E-state index in [1.54, 1.807) is 6.07 Å². The first-order valence-corrected chi connectivity index (χ1v) is 5.97. The number of nitrogens with zero attached hydrogens (tertiary/aromatic N) is 3. The highest BCUT2D eigenvalue weighted by Crippen LogP contribution is 2.32. The molecule has 0 saturated carbocycles. The van der Waals surface area contributed by atoms with Crippen molar-refractivity contribution in [1.29, 1.82) is 0 Å². The average molecular weight is 292 g/mol. The third kappa shape index (κ3) is 2.64. The van der Waals surface area contributed by atoms with Crippen LogP contribution in [-0.2, 0) is 6.18 Å². The van der Waals surface area contributed by atoms with Gasteiger partial charge in [-0.05, 0) is 25.1 Å². The number of fused-ring (bicyclic) bond motifs is 1. The average Bonchev–Trinajstić information content (AvgIpc) is 2.83. The fraction of sp³-hybridized carbons (Fsp3) is 0.154. The van der Waals surface area contributed by atoms with Gasteiger partial charge in [0, 0.05) is 17.1 Å². The van der Waals surface area contributed by atoms with Gasteiger partial charge in [0.1, 0.15) is 5.82 Å². The minimum atomic E-state index is -4.41. The molecule has 0 atom stereocenters. The summed E-state index contributed by atoms with van der Waals surface area (Å²) in [4.78, 5) is 7.68. The molecule has 0 aliphatic carbocycles. The van der Waals surface area contributed by atoms with Crippen molar-refractivity contribution in [2.24, 2.45) is 0 Å². The van der Waals surface area contributed by atoms with Crippen molar-refractivity contribution in [1.82, 2.24) is 20.2 Å². The van der Waals surface area contributed by atoms with Crippen LogP contribution >= 0.6 is 0 Å². The number of aromatic nitrogens is 4. The molecular weight excluding hydrogens is 283 g/mol. The molecule has 8 heteroatoms. The van der Waals surface area contributed by atoms with Crippen LogP contribution in [0.5, 0.6) is 0 Å². The molecule has 5 nitrogen and oxygen atoms in total. The second kappa shape index (κ2) is 4.72. The molecule has 3 aromatic rings. The Morgan fingerprint density at radius 2 is 2.00 bits per heavy atom. The lowest BCUT2D eigenvalue weighted by Crippen LogP contribution is -2.05. The van der Waals surface area contributed by atoms with Gasteiger partial charge in [-0.15, -0.1) is 0 Å². The lowest BCUT2D eigenvalue weighted by molar-refractivity contribution is -0.137. The van der Waals surface area contributed by atoms with Crippen LogP contribution in [0.2, 0.25) is 0 Å². The molecule has 0 aliphatic rings. The summed E-state index contributed by atoms with van der Waals surface area (Å²) >= 11 is 0. The van der Waals surface area contributed by atoms with Crippen LogP contribution in [0.3, 0.4) is 0 Å². The molecule has 1 aromatic carbocycles. The van der Waals surface area contributed by atoms with E-state index in [9.17, 15) is 13.2 Å². The predicted molar refractivity (Wildman–Crippen MR) is 70.0 cm³/mol. The summed E-state index contributed by atoms with van der Waals surface area (Å²) in [5.41, 5.74) is 0.248. The number of hydrogen-bond donors (Lipinski definition) is 2. The van der Waals surface area contributed by atoms with E-state index in [1.165, 1.54) is 6.07 Å². The topological polar surface area (TPSA) is 66.5 Å². The van der Waals surface area contributed by atoms with E-state index in [-0.39, 0.29) is 5.52 Å². The fourth-order valence-corrected chi connectivity index (χ4v) is 1.89. The standard InChI is InChI=1S/C13H9F3N5/c1-7-4-11(21-20-7)19-12-9-3-2-8(13(14,15)16)5-10(9)17-6-18-12/h2-5H,1H3,(H2,17,18,19,20,21). The third-order valence-electron chi connectivity index (χ3n) is 2.86. The molecule has 21 heavy (non-hydrogen) atoms. The van der Waals surface area contributed by atoms with Crippen LogP contribution in [0.15, 0.2) is 24.3 Å². The summed E-state index contributed by atoms with van der Waals surface area (Å²) in [6.07, 6.45) is -2.07. The molecule has 0 amide bonds. The maximum Gasteiger partial charge on any atom is 0.416 e. The molecule has 2 heterocycles. The zero-order chi connectivity index (χ0) is 15.0. The van der Waals surface area contributed by atoms with Crippen molar-refractivity contribution in [3.05, 3.63) is 41.9 Å². The highest BCUT2D eigenvalue weighted by atomic mass is 19.4. The number of H-pyrrole nitrogens is 1. The Morgan fingerprint density at radius 3 is 2.67 bits per heavy atom. The van der Waals surface area contributed by atoms with Crippen LogP contribution < -0.4 is 5.32 Å². The van der Waals surface area contributed by atoms with Crippen molar-refractivity contribution in [2.75, 3.05) is 5.32 Å². The number of benzene rings is 1. The molecule has 0 saturated heterocycles. The van der Waals surface area contributed by atoms with Gasteiger partial charge in [0.25, 0.3) is 0 Å². The predicted octanol–water partition coefficient (Wildman–Crippen LogP) is 3.22. The SMILES string of the molecule is Cc1cc(Nc2n[c]nc3cc(C(F)(F)F)ccc23)n[nH]1. The molecule has 3 rings (SSSR count). The first-order chi connectivity index (χ1) is 9.93. The quantitative estimate of drug-likeness (QED) is 0.761. The van der Waals surface area contributed by atoms with Crippen molar-refractivity contribution in [3.8, 4) is 0 Å². The van der Waals surface area contributed by atoms with Crippen LogP contribution in [-0.4, -0.2) is 20.2 Å². The van der Waals surface area contributed by atoms with Crippen molar-refractivity contribution >= 4 is 22.5 Å². The zero-order valence-electron chi connectivity index (χ0n) is 10.8. The number of rotatable bonds is 2. The highest BCUT2D eigenvalue weighted by Gasteiger charge is 2.30. The van der Waals surface area contributed by atoms with E-state index in [4.69, 9.17) is 0 Å². The molecule has 0 spiro atoms. The summed E-state index contributed by atoms with van der Waals surface area (Å²) < 4.78 is 38.0. The Hall–Kier alpha value is -2.64. The summed E-state index contributed by atoms with van der Waals surface area (Å²) in [5.74, 6) is 0.862. The number of anilines is 2. The smallest absolute Gasteiger partial charge is 0.323 e. The maximum atomic E-state index is 12.7. The largest absolute Gasteiger partial charge is 0.416 e. The van der Waals surface area contributed by atoms with E-state index in [2.05, 4.69) is 31.8 Å². The second-order valence-electron chi connectivity index (χ2n) is 4.46. The van der Waals surface area contributed by atoms with Crippen LogP contribution in [0.4, 0.5) is 24.8 Å². The number of hydrogen-bond acceptors (Lipinski definition) is 4. The monoisotopic (exact) mass is 292 g/mol. The van der Waals surface area contributed by atoms with E-state index in [0.717, 1.165) is 17.8 Å². The van der Waals surface area contributed by atoms with Gasteiger partial charge in [-0.25, -0.2) is 9.97 Å². The summed E-state index contributed by atoms with van der Waals surface area (Å²) in [5, 5.41) is 10.1. The molecule has 2 aromatic heterocycles. The Balaban J connectivity index is 2.04. The van der Waals surface area contributed by atoms with Gasteiger partial charge in [-0.2, -0.15) is 18.3 Å². The van der Waals surface area contributed by atoms with E-state index in [1.807, 2.05) is 6.92 Å². The number of halogens is 3. The van der Waals surface area contributed by atoms with Gasteiger partial charge in [-0.3, -0.25) is 5.10 Å². The Labute approximate surface area is 117 Å². The van der Waals surface area contributed by atoms with Gasteiger partial charge in [-0.1, -0.05) is 0 Å². The zero-order valence-corrected chi connectivity index (χ0v) is 10.8. The first-order valence-electron chi connectivity index (χ1n) is 5.97. The molecule has 0 bridgehead atoms. The lowest BCUT2D eigenvalue weighted by Gasteiger charge is -2.09. The molecule has 2 N–H and O–H groups in total. The van der Waals surface area contributed by atoms with Crippen LogP contribution in [0.25, 0.3) is 10.9 Å². The minimum absolute atomic E-state index is 0.162. The Bertz CT molecular complexity index is 794. The molecule has 1 radical (unpaired) electrons. The number of nitrogens with one attached hydrogen (secondary N) is 2. The van der Waals surface area contributed by atoms with Crippen LogP contribution in [0.1, 0.15) is 11.3 Å². The van der Waals surface area contributed by atoms with Gasteiger partial charge in [0.05, 0.1) is 11.1 Å².